The van der Waals surface area contributed by atoms with Crippen LogP contribution < -0.4 is 5.73 Å². The van der Waals surface area contributed by atoms with Crippen molar-refractivity contribution in [1.29, 1.82) is 0 Å². The Bertz CT molecular complexity index is 894. The van der Waals surface area contributed by atoms with Gasteiger partial charge in [0.2, 0.25) is 0 Å². The Labute approximate surface area is 144 Å². The summed E-state index contributed by atoms with van der Waals surface area (Å²) in [7, 11) is 0. The van der Waals surface area contributed by atoms with Gasteiger partial charge in [-0.2, -0.15) is 5.10 Å². The molecule has 2 aromatic heterocycles. The first-order chi connectivity index (χ1) is 12.2. The number of carbonyl (C=O) groups excluding carboxylic acids is 1. The third-order valence-electron chi connectivity index (χ3n) is 4.72. The fraction of sp³-hybridized carbons (Fsp3) is 0.278. The first-order valence-electron chi connectivity index (χ1n) is 8.17. The largest absolute Gasteiger partial charge is 0.390 e. The average Bonchev–Trinajstić information content (AvgIpc) is 3.22. The molecule has 1 aromatic carbocycles. The number of aliphatic hydroxyl groups excluding tert-OH is 1. The Morgan fingerprint density at radius 3 is 2.68 bits per heavy atom. The van der Waals surface area contributed by atoms with Crippen LogP contribution in [0.25, 0.3) is 11.3 Å². The molecule has 1 fully saturated rings. The molecule has 0 aliphatic heterocycles. The molecule has 7 nitrogen and oxygen atoms in total. The molecular formula is C18H18N4O3. The lowest BCUT2D eigenvalue weighted by Gasteiger charge is -2.35. The van der Waals surface area contributed by atoms with Crippen LogP contribution in [-0.2, 0) is 6.61 Å². The molecule has 1 aliphatic rings. The number of hydrogen-bond acceptors (Lipinski definition) is 5. The summed E-state index contributed by atoms with van der Waals surface area (Å²) in [5.74, 6) is 0.163. The minimum Gasteiger partial charge on any atom is -0.390 e. The number of nitrogens with two attached hydrogens (primary N) is 1. The van der Waals surface area contributed by atoms with Gasteiger partial charge in [0.15, 0.2) is 11.5 Å². The van der Waals surface area contributed by atoms with E-state index in [1.54, 1.807) is 6.07 Å². The van der Waals surface area contributed by atoms with Crippen molar-refractivity contribution in [3.05, 3.63) is 59.5 Å². The van der Waals surface area contributed by atoms with Crippen molar-refractivity contribution in [3.63, 3.8) is 0 Å². The fourth-order valence-electron chi connectivity index (χ4n) is 3.36. The molecule has 1 saturated carbocycles. The van der Waals surface area contributed by atoms with E-state index in [2.05, 4.69) is 10.3 Å². The third kappa shape index (κ3) is 2.72. The van der Waals surface area contributed by atoms with Crippen LogP contribution in [0.2, 0.25) is 0 Å². The second-order valence-corrected chi connectivity index (χ2v) is 6.27. The number of hydrogen-bond donors (Lipinski definition) is 2. The summed E-state index contributed by atoms with van der Waals surface area (Å²) in [6, 6.07) is 11.6. The maximum Gasteiger partial charge on any atom is 0.271 e. The van der Waals surface area contributed by atoms with Crippen LogP contribution >= 0.6 is 0 Å². The van der Waals surface area contributed by atoms with Crippen molar-refractivity contribution in [2.24, 2.45) is 5.73 Å². The second kappa shape index (κ2) is 6.18. The molecule has 25 heavy (non-hydrogen) atoms. The van der Waals surface area contributed by atoms with Gasteiger partial charge in [0, 0.05) is 17.3 Å². The Morgan fingerprint density at radius 2 is 2.04 bits per heavy atom. The Morgan fingerprint density at radius 1 is 1.28 bits per heavy atom. The standard InChI is InChI=1S/C18H18N4O3/c19-18(24)16-15(17(25-21-16)11-4-2-1-3-5-11)12-8-14(9-12)22-7-6-13(10-23)20-22/h1-7,12,14,23H,8-10H2,(H2,19,24). The molecule has 0 bridgehead atoms. The van der Waals surface area contributed by atoms with Crippen LogP contribution in [0, 0.1) is 0 Å². The van der Waals surface area contributed by atoms with Gasteiger partial charge in [-0.25, -0.2) is 0 Å². The lowest BCUT2D eigenvalue weighted by molar-refractivity contribution is 0.0989. The minimum atomic E-state index is -0.578. The van der Waals surface area contributed by atoms with E-state index in [0.717, 1.165) is 24.0 Å². The number of carbonyl (C=O) groups is 1. The lowest BCUT2D eigenvalue weighted by atomic mass is 9.74. The molecule has 0 saturated heterocycles. The van der Waals surface area contributed by atoms with Crippen molar-refractivity contribution in [1.82, 2.24) is 14.9 Å². The predicted octanol–water partition coefficient (Wildman–Crippen LogP) is 2.25. The van der Waals surface area contributed by atoms with E-state index in [0.29, 0.717) is 11.5 Å². The van der Waals surface area contributed by atoms with Gasteiger partial charge in [-0.05, 0) is 24.8 Å². The van der Waals surface area contributed by atoms with E-state index in [1.807, 2.05) is 41.2 Å². The topological polar surface area (TPSA) is 107 Å². The predicted molar refractivity (Wildman–Crippen MR) is 89.6 cm³/mol. The summed E-state index contributed by atoms with van der Waals surface area (Å²) in [6.07, 6.45) is 3.49. The van der Waals surface area contributed by atoms with Crippen LogP contribution in [0.5, 0.6) is 0 Å². The molecule has 0 atom stereocenters. The number of aliphatic hydroxyl groups is 1. The van der Waals surface area contributed by atoms with Crippen molar-refractivity contribution in [2.75, 3.05) is 0 Å². The smallest absolute Gasteiger partial charge is 0.271 e. The highest BCUT2D eigenvalue weighted by molar-refractivity contribution is 5.94. The SMILES string of the molecule is NC(=O)c1noc(-c2ccccc2)c1C1CC(n2ccc(CO)n2)C1. The first kappa shape index (κ1) is 15.6. The summed E-state index contributed by atoms with van der Waals surface area (Å²) in [6.45, 7) is -0.0707. The van der Waals surface area contributed by atoms with Gasteiger partial charge in [-0.15, -0.1) is 0 Å². The highest BCUT2D eigenvalue weighted by Gasteiger charge is 2.38. The van der Waals surface area contributed by atoms with E-state index >= 15 is 0 Å². The first-order valence-corrected chi connectivity index (χ1v) is 8.17. The molecular weight excluding hydrogens is 320 g/mol. The van der Waals surface area contributed by atoms with Gasteiger partial charge < -0.3 is 15.4 Å². The number of primary amides is 1. The number of aromatic nitrogens is 3. The molecule has 3 N–H and O–H groups in total. The fourth-order valence-corrected chi connectivity index (χ4v) is 3.36. The Balaban J connectivity index is 1.62. The maximum absolute atomic E-state index is 11.8. The van der Waals surface area contributed by atoms with E-state index in [-0.39, 0.29) is 24.3 Å². The summed E-state index contributed by atoms with van der Waals surface area (Å²) in [4.78, 5) is 11.8. The van der Waals surface area contributed by atoms with Crippen LogP contribution in [0.3, 0.4) is 0 Å². The van der Waals surface area contributed by atoms with E-state index in [4.69, 9.17) is 15.4 Å². The maximum atomic E-state index is 11.8. The summed E-state index contributed by atoms with van der Waals surface area (Å²) in [5, 5.41) is 17.4. The molecule has 1 aliphatic carbocycles. The summed E-state index contributed by atoms with van der Waals surface area (Å²) >= 11 is 0. The van der Waals surface area contributed by atoms with Gasteiger partial charge in [0.05, 0.1) is 18.3 Å². The minimum absolute atomic E-state index is 0.0707. The summed E-state index contributed by atoms with van der Waals surface area (Å²) in [5.41, 5.74) is 8.00. The third-order valence-corrected chi connectivity index (χ3v) is 4.72. The zero-order valence-electron chi connectivity index (χ0n) is 13.5. The monoisotopic (exact) mass is 338 g/mol. The highest BCUT2D eigenvalue weighted by atomic mass is 16.5. The van der Waals surface area contributed by atoms with E-state index in [9.17, 15) is 4.79 Å². The number of rotatable bonds is 5. The average molecular weight is 338 g/mol. The molecule has 1 amide bonds. The van der Waals surface area contributed by atoms with Gasteiger partial charge >= 0.3 is 0 Å². The van der Waals surface area contributed by atoms with Gasteiger partial charge in [-0.3, -0.25) is 9.48 Å². The normalized spacial score (nSPS) is 19.6. The molecule has 4 rings (SSSR count). The van der Waals surface area contributed by atoms with Crippen molar-refractivity contribution >= 4 is 5.91 Å². The molecule has 3 aromatic rings. The Hall–Kier alpha value is -2.93. The van der Waals surface area contributed by atoms with Crippen molar-refractivity contribution in [3.8, 4) is 11.3 Å². The van der Waals surface area contributed by atoms with Crippen LogP contribution in [-0.4, -0.2) is 26.0 Å². The number of benzene rings is 1. The molecule has 2 heterocycles. The quantitative estimate of drug-likeness (QED) is 0.742. The van der Waals surface area contributed by atoms with Gasteiger partial charge in [0.1, 0.15) is 0 Å². The van der Waals surface area contributed by atoms with Crippen LogP contribution in [0.4, 0.5) is 0 Å². The zero-order valence-corrected chi connectivity index (χ0v) is 13.5. The lowest BCUT2D eigenvalue weighted by Crippen LogP contribution is -2.28. The highest BCUT2D eigenvalue weighted by Crippen LogP contribution is 2.48. The van der Waals surface area contributed by atoms with Crippen molar-refractivity contribution < 1.29 is 14.4 Å². The van der Waals surface area contributed by atoms with Gasteiger partial charge in [0.25, 0.3) is 5.91 Å². The second-order valence-electron chi connectivity index (χ2n) is 6.27. The molecule has 0 spiro atoms. The molecule has 0 radical (unpaired) electrons. The van der Waals surface area contributed by atoms with E-state index in [1.165, 1.54) is 0 Å². The van der Waals surface area contributed by atoms with Crippen molar-refractivity contribution in [2.45, 2.75) is 31.4 Å². The van der Waals surface area contributed by atoms with E-state index < -0.39 is 5.91 Å². The van der Waals surface area contributed by atoms with Gasteiger partial charge in [-0.1, -0.05) is 35.5 Å². The van der Waals surface area contributed by atoms with Crippen LogP contribution in [0.1, 0.15) is 46.5 Å². The molecule has 7 heteroatoms. The number of amides is 1. The number of nitrogens with zero attached hydrogens (tertiary/aromatic N) is 3. The molecule has 0 unspecified atom stereocenters. The summed E-state index contributed by atoms with van der Waals surface area (Å²) < 4.78 is 7.32. The van der Waals surface area contributed by atoms with Crippen LogP contribution in [0.15, 0.2) is 47.1 Å². The Kier molecular flexibility index (Phi) is 3.85. The molecule has 128 valence electrons. The zero-order chi connectivity index (χ0) is 17.4.